The molecule has 17 nitrogen and oxygen atoms in total. The van der Waals surface area contributed by atoms with Crippen molar-refractivity contribution < 1.29 is 68.7 Å². The third-order valence-electron chi connectivity index (χ3n) is 9.73. The summed E-state index contributed by atoms with van der Waals surface area (Å²) in [6.07, 6.45) is -13.6. The van der Waals surface area contributed by atoms with E-state index in [1.165, 1.54) is 13.8 Å². The third-order valence-corrected chi connectivity index (χ3v) is 9.73. The van der Waals surface area contributed by atoms with E-state index in [0.29, 0.717) is 38.9 Å². The molecule has 3 saturated heterocycles. The molecular weight excluding hydrogens is 686 g/mol. The summed E-state index contributed by atoms with van der Waals surface area (Å²) in [6, 6.07) is 6.26. The monoisotopic (exact) mass is 741 g/mol. The molecule has 2 amide bonds. The molecule has 0 saturated carbocycles. The lowest BCUT2D eigenvalue weighted by atomic mass is 9.97. The number of nitrogens with one attached hydrogen (secondary N) is 2. The second-order valence-electron chi connectivity index (χ2n) is 13.7. The maximum Gasteiger partial charge on any atom is 0.302 e. The molecule has 1 aromatic carbocycles. The lowest BCUT2D eigenvalue weighted by Crippen LogP contribution is -2.64. The fraction of sp³-hybridized carbons (Fsp3) is 0.743. The quantitative estimate of drug-likeness (QED) is 0.134. The maximum atomic E-state index is 13.1. The number of ether oxygens (including phenoxy) is 5. The largest absolute Gasteiger partial charge is 0.462 e. The molecular formula is C35H55N3O14. The SMILES string of the molecule is CCC(C)C(=O)N1CCCNC(=O)CC(c2ccc(OC3OC(C)C(O)C(O)C3OC3OC(CO)C(O)C(O)C3O)cc2)NCCC(OC(C)=O)C1. The third kappa shape index (κ3) is 10.8. The molecule has 8 N–H and O–H groups in total. The zero-order valence-corrected chi connectivity index (χ0v) is 30.1. The summed E-state index contributed by atoms with van der Waals surface area (Å²) in [5.41, 5.74) is 0.734. The number of esters is 1. The van der Waals surface area contributed by atoms with Gasteiger partial charge in [0.1, 0.15) is 48.5 Å². The Balaban J connectivity index is 1.48. The molecule has 52 heavy (non-hydrogen) atoms. The number of aliphatic hydroxyl groups excluding tert-OH is 6. The van der Waals surface area contributed by atoms with Gasteiger partial charge in [0.2, 0.25) is 18.1 Å². The summed E-state index contributed by atoms with van der Waals surface area (Å²) in [4.78, 5) is 39.8. The molecule has 13 atom stereocenters. The van der Waals surface area contributed by atoms with Gasteiger partial charge in [-0.25, -0.2) is 0 Å². The lowest BCUT2D eigenvalue weighted by molar-refractivity contribution is -0.355. The number of rotatable bonds is 9. The van der Waals surface area contributed by atoms with E-state index in [2.05, 4.69) is 10.6 Å². The first-order valence-electron chi connectivity index (χ1n) is 17.9. The van der Waals surface area contributed by atoms with Crippen molar-refractivity contribution in [1.82, 2.24) is 15.5 Å². The minimum absolute atomic E-state index is 0.0282. The molecule has 13 unspecified atom stereocenters. The van der Waals surface area contributed by atoms with E-state index in [1.54, 1.807) is 29.2 Å². The normalized spacial score (nSPS) is 36.0. The van der Waals surface area contributed by atoms with Crippen LogP contribution in [0.3, 0.4) is 0 Å². The molecule has 0 aromatic heterocycles. The number of carbonyl (C=O) groups excluding carboxylic acids is 3. The van der Waals surface area contributed by atoms with Crippen molar-refractivity contribution in [3.05, 3.63) is 29.8 Å². The molecule has 4 rings (SSSR count). The lowest BCUT2D eigenvalue weighted by Gasteiger charge is -2.45. The van der Waals surface area contributed by atoms with Crippen LogP contribution in [0.5, 0.6) is 5.75 Å². The molecule has 3 fully saturated rings. The average molecular weight is 742 g/mol. The van der Waals surface area contributed by atoms with E-state index in [4.69, 9.17) is 23.7 Å². The van der Waals surface area contributed by atoms with Crippen molar-refractivity contribution >= 4 is 17.8 Å². The summed E-state index contributed by atoms with van der Waals surface area (Å²) in [6.45, 7) is 7.33. The topological polar surface area (TPSA) is 246 Å². The Morgan fingerprint density at radius 3 is 2.35 bits per heavy atom. The smallest absolute Gasteiger partial charge is 0.302 e. The Morgan fingerprint density at radius 2 is 1.69 bits per heavy atom. The van der Waals surface area contributed by atoms with Gasteiger partial charge in [0, 0.05) is 38.4 Å². The summed E-state index contributed by atoms with van der Waals surface area (Å²) >= 11 is 0. The van der Waals surface area contributed by atoms with Crippen LogP contribution in [0.15, 0.2) is 24.3 Å². The maximum absolute atomic E-state index is 13.1. The van der Waals surface area contributed by atoms with Crippen LogP contribution in [0.1, 0.15) is 65.0 Å². The van der Waals surface area contributed by atoms with Crippen LogP contribution in [0, 0.1) is 5.92 Å². The van der Waals surface area contributed by atoms with Gasteiger partial charge in [0.25, 0.3) is 0 Å². The number of nitrogens with zero attached hydrogens (tertiary/aromatic N) is 1. The Labute approximate surface area is 303 Å². The van der Waals surface area contributed by atoms with Crippen LogP contribution < -0.4 is 15.4 Å². The molecule has 0 radical (unpaired) electrons. The van der Waals surface area contributed by atoms with Crippen LogP contribution in [0.4, 0.5) is 0 Å². The average Bonchev–Trinajstić information content (AvgIpc) is 3.13. The number of carbonyl (C=O) groups is 3. The molecule has 0 spiro atoms. The first-order valence-corrected chi connectivity index (χ1v) is 17.9. The highest BCUT2D eigenvalue weighted by molar-refractivity contribution is 5.78. The van der Waals surface area contributed by atoms with Gasteiger partial charge in [0.15, 0.2) is 12.4 Å². The van der Waals surface area contributed by atoms with Crippen LogP contribution in [0.2, 0.25) is 0 Å². The minimum atomic E-state index is -1.77. The molecule has 0 bridgehead atoms. The van der Waals surface area contributed by atoms with Gasteiger partial charge in [-0.3, -0.25) is 14.4 Å². The highest BCUT2D eigenvalue weighted by Gasteiger charge is 2.50. The predicted molar refractivity (Wildman–Crippen MR) is 181 cm³/mol. The van der Waals surface area contributed by atoms with Gasteiger partial charge >= 0.3 is 5.97 Å². The number of hydrogen-bond acceptors (Lipinski definition) is 15. The molecule has 1 aromatic rings. The molecule has 3 aliphatic rings. The number of hydrogen-bond donors (Lipinski definition) is 8. The standard InChI is InChI=1S/C35H55N3O14/c1-5-18(2)33(47)38-14-6-12-37-26(41)15-24(36-13-11-23(16-38)49-20(4)40)21-7-9-22(10-8-21)50-35-32(30(45)27(42)19(3)48-35)52-34-31(46)29(44)28(43)25(17-39)51-34/h7-10,18-19,23-25,27-32,34-36,39,42-46H,5-6,11-17H2,1-4H3,(H,37,41). The molecule has 294 valence electrons. The van der Waals surface area contributed by atoms with Crippen LogP contribution >= 0.6 is 0 Å². The van der Waals surface area contributed by atoms with E-state index >= 15 is 0 Å². The van der Waals surface area contributed by atoms with E-state index in [-0.39, 0.29) is 36.4 Å². The summed E-state index contributed by atoms with van der Waals surface area (Å²) in [5, 5.41) is 68.1. The predicted octanol–water partition coefficient (Wildman–Crippen LogP) is -1.55. The highest BCUT2D eigenvalue weighted by Crippen LogP contribution is 2.31. The number of amides is 2. The van der Waals surface area contributed by atoms with Gasteiger partial charge < -0.3 is 69.9 Å². The van der Waals surface area contributed by atoms with E-state index in [9.17, 15) is 45.0 Å². The number of benzene rings is 1. The zero-order chi connectivity index (χ0) is 38.1. The fourth-order valence-electron chi connectivity index (χ4n) is 6.42. The van der Waals surface area contributed by atoms with E-state index in [0.717, 1.165) is 5.56 Å². The molecule has 0 aliphatic carbocycles. The summed E-state index contributed by atoms with van der Waals surface area (Å²) in [7, 11) is 0. The Bertz CT molecular complexity index is 1300. The molecule has 17 heteroatoms. The van der Waals surface area contributed by atoms with Crippen molar-refractivity contribution in [3.8, 4) is 5.75 Å². The zero-order valence-electron chi connectivity index (χ0n) is 30.1. The van der Waals surface area contributed by atoms with Crippen LogP contribution in [0.25, 0.3) is 0 Å². The summed E-state index contributed by atoms with van der Waals surface area (Å²) < 4.78 is 28.6. The fourth-order valence-corrected chi connectivity index (χ4v) is 6.42. The van der Waals surface area contributed by atoms with Gasteiger partial charge in [-0.15, -0.1) is 0 Å². The second kappa shape index (κ2) is 19.4. The van der Waals surface area contributed by atoms with Gasteiger partial charge in [-0.1, -0.05) is 26.0 Å². The van der Waals surface area contributed by atoms with Gasteiger partial charge in [-0.05, 0) is 50.4 Å². The van der Waals surface area contributed by atoms with Crippen LogP contribution in [-0.4, -0.2) is 154 Å². The Kier molecular flexibility index (Phi) is 15.6. The van der Waals surface area contributed by atoms with Crippen molar-refractivity contribution in [3.63, 3.8) is 0 Å². The second-order valence-corrected chi connectivity index (χ2v) is 13.7. The van der Waals surface area contributed by atoms with E-state index in [1.807, 2.05) is 13.8 Å². The van der Waals surface area contributed by atoms with Crippen molar-refractivity contribution in [1.29, 1.82) is 0 Å². The van der Waals surface area contributed by atoms with Crippen molar-refractivity contribution in [2.75, 3.05) is 32.8 Å². The van der Waals surface area contributed by atoms with E-state index < -0.39 is 86.1 Å². The van der Waals surface area contributed by atoms with Crippen LogP contribution in [-0.2, 0) is 33.3 Å². The Morgan fingerprint density at radius 1 is 0.981 bits per heavy atom. The minimum Gasteiger partial charge on any atom is -0.462 e. The Hall–Kier alpha value is -2.97. The van der Waals surface area contributed by atoms with Gasteiger partial charge in [0.05, 0.1) is 19.3 Å². The highest BCUT2D eigenvalue weighted by atomic mass is 16.8. The first-order chi connectivity index (χ1) is 24.7. The number of aliphatic hydroxyl groups is 6. The molecule has 3 aliphatic heterocycles. The van der Waals surface area contributed by atoms with Gasteiger partial charge in [-0.2, -0.15) is 0 Å². The first kappa shape index (κ1) is 41.8. The molecule has 3 heterocycles. The van der Waals surface area contributed by atoms with Crippen molar-refractivity contribution in [2.45, 2.75) is 127 Å². The van der Waals surface area contributed by atoms with Crippen molar-refractivity contribution in [2.24, 2.45) is 5.92 Å². The summed E-state index contributed by atoms with van der Waals surface area (Å²) in [5.74, 6) is -0.600.